The van der Waals surface area contributed by atoms with Gasteiger partial charge in [0, 0.05) is 32.6 Å². The maximum Gasteiger partial charge on any atom is 0.262 e. The molecule has 5 nitrogen and oxygen atoms in total. The Morgan fingerprint density at radius 1 is 1.16 bits per heavy atom. The summed E-state index contributed by atoms with van der Waals surface area (Å²) in [6, 6.07) is 6.96. The lowest BCUT2D eigenvalue weighted by atomic mass is 10.1. The van der Waals surface area contributed by atoms with Crippen LogP contribution >= 0.6 is 0 Å². The van der Waals surface area contributed by atoms with Crippen molar-refractivity contribution in [2.24, 2.45) is 0 Å². The molecule has 1 aromatic rings. The number of carbonyl (C=O) groups is 2. The molecule has 0 aromatic heterocycles. The lowest BCUT2D eigenvalue weighted by Gasteiger charge is -2.36. The molecule has 1 N–H and O–H groups in total. The summed E-state index contributed by atoms with van der Waals surface area (Å²) in [6.07, 6.45) is -0.102. The van der Waals surface area contributed by atoms with E-state index in [-0.39, 0.29) is 11.8 Å². The van der Waals surface area contributed by atoms with Crippen molar-refractivity contribution >= 4 is 11.8 Å². The Balaban J connectivity index is 1.51. The van der Waals surface area contributed by atoms with Gasteiger partial charge in [-0.3, -0.25) is 14.9 Å². The highest BCUT2D eigenvalue weighted by molar-refractivity contribution is 5.83. The summed E-state index contributed by atoms with van der Waals surface area (Å²) in [5.41, 5.74) is 2.08. The normalized spacial score (nSPS) is 22.9. The molecule has 1 atom stereocenters. The van der Waals surface area contributed by atoms with Crippen molar-refractivity contribution in [1.29, 1.82) is 0 Å². The Morgan fingerprint density at radius 2 is 1.80 bits per heavy atom. The highest BCUT2D eigenvalue weighted by Crippen LogP contribution is 2.26. The second-order valence-corrected chi connectivity index (χ2v) is 6.80. The maximum absolute atomic E-state index is 13.2. The second-order valence-electron chi connectivity index (χ2n) is 6.80. The van der Waals surface area contributed by atoms with Crippen LogP contribution in [0.5, 0.6) is 0 Å². The molecular weight excluding hydrogens is 328 g/mol. The lowest BCUT2D eigenvalue weighted by Crippen LogP contribution is -2.54. The first-order valence-electron chi connectivity index (χ1n) is 8.58. The minimum atomic E-state index is -2.81. The van der Waals surface area contributed by atoms with Crippen LogP contribution < -0.4 is 5.32 Å². The first kappa shape index (κ1) is 17.8. The number of aryl methyl sites for hydroxylation is 1. The van der Waals surface area contributed by atoms with Crippen LogP contribution in [0.3, 0.4) is 0 Å². The smallest absolute Gasteiger partial charge is 0.262 e. The number of nitrogens with one attached hydrogen (secondary N) is 1. The topological polar surface area (TPSA) is 52.7 Å². The van der Waals surface area contributed by atoms with Crippen LogP contribution in [0.25, 0.3) is 0 Å². The Bertz CT molecular complexity index is 657. The van der Waals surface area contributed by atoms with E-state index in [1.165, 1.54) is 0 Å². The van der Waals surface area contributed by atoms with Crippen LogP contribution in [-0.4, -0.2) is 66.3 Å². The molecule has 0 aliphatic carbocycles. The van der Waals surface area contributed by atoms with E-state index in [0.29, 0.717) is 32.6 Å². The van der Waals surface area contributed by atoms with Crippen molar-refractivity contribution in [3.05, 3.63) is 35.4 Å². The molecule has 1 aromatic carbocycles. The van der Waals surface area contributed by atoms with Gasteiger partial charge in [-0.15, -0.1) is 0 Å². The minimum Gasteiger partial charge on any atom is -0.339 e. The number of benzene rings is 1. The van der Waals surface area contributed by atoms with Gasteiger partial charge < -0.3 is 9.80 Å². The van der Waals surface area contributed by atoms with Crippen LogP contribution in [0.1, 0.15) is 17.5 Å². The third kappa shape index (κ3) is 4.15. The van der Waals surface area contributed by atoms with Crippen molar-refractivity contribution in [3.63, 3.8) is 0 Å². The highest BCUT2D eigenvalue weighted by Gasteiger charge is 2.43. The molecule has 1 unspecified atom stereocenters. The molecule has 2 aliphatic heterocycles. The average molecular weight is 351 g/mol. The fourth-order valence-electron chi connectivity index (χ4n) is 3.37. The monoisotopic (exact) mass is 351 g/mol. The number of piperazine rings is 1. The van der Waals surface area contributed by atoms with Crippen molar-refractivity contribution in [3.8, 4) is 0 Å². The third-order valence-corrected chi connectivity index (χ3v) is 4.95. The fourth-order valence-corrected chi connectivity index (χ4v) is 3.37. The van der Waals surface area contributed by atoms with Crippen LogP contribution in [0, 0.1) is 6.92 Å². The van der Waals surface area contributed by atoms with E-state index < -0.39 is 24.9 Å². The number of hydrogen-bond acceptors (Lipinski definition) is 3. The van der Waals surface area contributed by atoms with Gasteiger partial charge in [-0.25, -0.2) is 8.78 Å². The standard InChI is InChI=1S/C18H23F2N3O2/c1-13-4-2-3-5-14(13)10-16(24)22-6-8-23(9-7-22)17(25)15-11-18(19,20)12-21-15/h2-5,15,21H,6-12H2,1H3. The van der Waals surface area contributed by atoms with E-state index in [0.717, 1.165) is 11.1 Å². The molecule has 0 bridgehead atoms. The number of carbonyl (C=O) groups excluding carboxylic acids is 2. The number of nitrogens with zero attached hydrogens (tertiary/aromatic N) is 2. The Labute approximate surface area is 146 Å². The number of rotatable bonds is 3. The largest absolute Gasteiger partial charge is 0.339 e. The van der Waals surface area contributed by atoms with Gasteiger partial charge in [-0.2, -0.15) is 0 Å². The molecule has 2 fully saturated rings. The number of halogens is 2. The lowest BCUT2D eigenvalue weighted by molar-refractivity contribution is -0.140. The van der Waals surface area contributed by atoms with Crippen molar-refractivity contribution < 1.29 is 18.4 Å². The van der Waals surface area contributed by atoms with Gasteiger partial charge in [0.05, 0.1) is 19.0 Å². The molecule has 3 rings (SSSR count). The van der Waals surface area contributed by atoms with Crippen molar-refractivity contribution in [1.82, 2.24) is 15.1 Å². The molecule has 2 heterocycles. The molecule has 2 aliphatic rings. The summed E-state index contributed by atoms with van der Waals surface area (Å²) in [4.78, 5) is 28.1. The van der Waals surface area contributed by atoms with Crippen LogP contribution in [0.15, 0.2) is 24.3 Å². The molecule has 25 heavy (non-hydrogen) atoms. The summed E-state index contributed by atoms with van der Waals surface area (Å²) < 4.78 is 26.5. The number of alkyl halides is 2. The summed E-state index contributed by atoms with van der Waals surface area (Å²) in [7, 11) is 0. The number of hydrogen-bond donors (Lipinski definition) is 1. The van der Waals surface area contributed by atoms with E-state index in [2.05, 4.69) is 5.32 Å². The summed E-state index contributed by atoms with van der Waals surface area (Å²) in [5, 5.41) is 2.60. The van der Waals surface area contributed by atoms with E-state index in [4.69, 9.17) is 0 Å². The molecule has 0 radical (unpaired) electrons. The molecule has 0 spiro atoms. The Morgan fingerprint density at radius 3 is 2.40 bits per heavy atom. The quantitative estimate of drug-likeness (QED) is 0.891. The first-order chi connectivity index (χ1) is 11.9. The molecule has 136 valence electrons. The second kappa shape index (κ2) is 7.07. The molecule has 7 heteroatoms. The predicted octanol–water partition coefficient (Wildman–Crippen LogP) is 1.21. The third-order valence-electron chi connectivity index (χ3n) is 4.95. The molecular formula is C18H23F2N3O2. The first-order valence-corrected chi connectivity index (χ1v) is 8.58. The van der Waals surface area contributed by atoms with E-state index in [1.54, 1.807) is 9.80 Å². The van der Waals surface area contributed by atoms with Gasteiger partial charge in [0.25, 0.3) is 5.92 Å². The van der Waals surface area contributed by atoms with Gasteiger partial charge in [-0.1, -0.05) is 24.3 Å². The van der Waals surface area contributed by atoms with Crippen molar-refractivity contribution in [2.75, 3.05) is 32.7 Å². The molecule has 0 saturated carbocycles. The summed E-state index contributed by atoms with van der Waals surface area (Å²) >= 11 is 0. The summed E-state index contributed by atoms with van der Waals surface area (Å²) in [6.45, 7) is 3.20. The van der Waals surface area contributed by atoms with E-state index in [9.17, 15) is 18.4 Å². The molecule has 2 saturated heterocycles. The zero-order chi connectivity index (χ0) is 18.0. The van der Waals surface area contributed by atoms with Crippen molar-refractivity contribution in [2.45, 2.75) is 31.7 Å². The van der Waals surface area contributed by atoms with E-state index in [1.807, 2.05) is 31.2 Å². The Kier molecular flexibility index (Phi) is 5.03. The van der Waals surface area contributed by atoms with Crippen LogP contribution in [-0.2, 0) is 16.0 Å². The predicted molar refractivity (Wildman–Crippen MR) is 89.4 cm³/mol. The van der Waals surface area contributed by atoms with Gasteiger partial charge in [-0.05, 0) is 18.1 Å². The van der Waals surface area contributed by atoms with Gasteiger partial charge in [0.15, 0.2) is 0 Å². The maximum atomic E-state index is 13.2. The Hall–Kier alpha value is -2.02. The molecule has 2 amide bonds. The highest BCUT2D eigenvalue weighted by atomic mass is 19.3. The van der Waals surface area contributed by atoms with Gasteiger partial charge in [0.1, 0.15) is 0 Å². The summed E-state index contributed by atoms with van der Waals surface area (Å²) in [5.74, 6) is -3.07. The fraction of sp³-hybridized carbons (Fsp3) is 0.556. The number of amides is 2. The average Bonchev–Trinajstić information content (AvgIpc) is 2.96. The zero-order valence-electron chi connectivity index (χ0n) is 14.3. The zero-order valence-corrected chi connectivity index (χ0v) is 14.3. The van der Waals surface area contributed by atoms with Gasteiger partial charge in [0.2, 0.25) is 11.8 Å². The van der Waals surface area contributed by atoms with Crippen LogP contribution in [0.2, 0.25) is 0 Å². The minimum absolute atomic E-state index is 0.0342. The van der Waals surface area contributed by atoms with E-state index >= 15 is 0 Å². The SMILES string of the molecule is Cc1ccccc1CC(=O)N1CCN(C(=O)C2CC(F)(F)CN2)CC1. The van der Waals surface area contributed by atoms with Crippen LogP contribution in [0.4, 0.5) is 8.78 Å². The van der Waals surface area contributed by atoms with Gasteiger partial charge >= 0.3 is 0 Å².